The summed E-state index contributed by atoms with van der Waals surface area (Å²) in [6.07, 6.45) is 2.48. The largest absolute Gasteiger partial charge is 0.382 e. The quantitative estimate of drug-likeness (QED) is 0.917. The SMILES string of the molecule is Cc1nn(C)c(Cl)c1CN1CCC(O)(c2cn(C(C)C)nn2)C1. The minimum Gasteiger partial charge on any atom is -0.382 e. The van der Waals surface area contributed by atoms with Gasteiger partial charge in [0.2, 0.25) is 0 Å². The molecule has 1 saturated heterocycles. The Morgan fingerprint density at radius 3 is 2.74 bits per heavy atom. The highest BCUT2D eigenvalue weighted by Gasteiger charge is 2.40. The van der Waals surface area contributed by atoms with E-state index in [2.05, 4.69) is 20.3 Å². The summed E-state index contributed by atoms with van der Waals surface area (Å²) in [4.78, 5) is 2.18. The van der Waals surface area contributed by atoms with Gasteiger partial charge in [-0.15, -0.1) is 5.10 Å². The molecule has 0 spiro atoms. The Morgan fingerprint density at radius 1 is 1.43 bits per heavy atom. The lowest BCUT2D eigenvalue weighted by Crippen LogP contribution is -2.31. The van der Waals surface area contributed by atoms with Crippen molar-refractivity contribution in [1.82, 2.24) is 29.7 Å². The number of nitrogens with zero attached hydrogens (tertiary/aromatic N) is 6. The van der Waals surface area contributed by atoms with Crippen LogP contribution in [0.5, 0.6) is 0 Å². The van der Waals surface area contributed by atoms with Crippen LogP contribution < -0.4 is 0 Å². The molecule has 1 N–H and O–H groups in total. The minimum absolute atomic E-state index is 0.231. The molecule has 0 bridgehead atoms. The van der Waals surface area contributed by atoms with E-state index >= 15 is 0 Å². The molecular weight excluding hydrogens is 316 g/mol. The molecule has 1 aliphatic heterocycles. The molecule has 1 fully saturated rings. The average Bonchev–Trinajstić information content (AvgIpc) is 3.16. The summed E-state index contributed by atoms with van der Waals surface area (Å²) in [5.74, 6) is 0. The van der Waals surface area contributed by atoms with Crippen molar-refractivity contribution in [2.24, 2.45) is 7.05 Å². The van der Waals surface area contributed by atoms with Crippen molar-refractivity contribution in [3.63, 3.8) is 0 Å². The smallest absolute Gasteiger partial charge is 0.131 e. The molecule has 0 amide bonds. The molecule has 0 aliphatic carbocycles. The van der Waals surface area contributed by atoms with Gasteiger partial charge >= 0.3 is 0 Å². The van der Waals surface area contributed by atoms with Crippen LogP contribution in [0, 0.1) is 6.92 Å². The third-order valence-corrected chi connectivity index (χ3v) is 4.97. The van der Waals surface area contributed by atoms with Crippen LogP contribution in [0.15, 0.2) is 6.20 Å². The van der Waals surface area contributed by atoms with Crippen LogP contribution in [-0.4, -0.2) is 47.9 Å². The predicted molar refractivity (Wildman–Crippen MR) is 87.2 cm³/mol. The van der Waals surface area contributed by atoms with Crippen molar-refractivity contribution in [3.8, 4) is 0 Å². The van der Waals surface area contributed by atoms with Crippen molar-refractivity contribution in [3.05, 3.63) is 28.3 Å². The molecule has 126 valence electrons. The highest BCUT2D eigenvalue weighted by molar-refractivity contribution is 6.30. The third-order valence-electron chi connectivity index (χ3n) is 4.49. The van der Waals surface area contributed by atoms with E-state index < -0.39 is 5.60 Å². The van der Waals surface area contributed by atoms with Gasteiger partial charge in [-0.25, -0.2) is 4.68 Å². The Morgan fingerprint density at radius 2 is 2.17 bits per heavy atom. The van der Waals surface area contributed by atoms with Gasteiger partial charge in [-0.05, 0) is 27.2 Å². The summed E-state index contributed by atoms with van der Waals surface area (Å²) < 4.78 is 3.46. The molecule has 0 radical (unpaired) electrons. The standard InChI is InChI=1S/C15H23ClN6O/c1-10(2)22-8-13(17-19-22)15(23)5-6-21(9-15)7-12-11(3)18-20(4)14(12)16/h8,10,23H,5-7,9H2,1-4H3. The second-order valence-electron chi connectivity index (χ2n) is 6.65. The molecule has 8 heteroatoms. The monoisotopic (exact) mass is 338 g/mol. The zero-order chi connectivity index (χ0) is 16.8. The Hall–Kier alpha value is -1.44. The summed E-state index contributed by atoms with van der Waals surface area (Å²) in [6, 6.07) is 0.231. The molecule has 1 unspecified atom stereocenters. The number of β-amino-alcohol motifs (C(OH)–C–C–N with tert-alkyl or cyclic N) is 1. The first-order valence-electron chi connectivity index (χ1n) is 7.85. The Balaban J connectivity index is 1.74. The molecule has 0 aromatic carbocycles. The van der Waals surface area contributed by atoms with Gasteiger partial charge < -0.3 is 5.11 Å². The normalized spacial score (nSPS) is 22.4. The number of hydrogen-bond donors (Lipinski definition) is 1. The zero-order valence-corrected chi connectivity index (χ0v) is 14.7. The van der Waals surface area contributed by atoms with Gasteiger partial charge in [-0.3, -0.25) is 9.58 Å². The van der Waals surface area contributed by atoms with Crippen LogP contribution in [0.25, 0.3) is 0 Å². The van der Waals surface area contributed by atoms with Gasteiger partial charge in [0, 0.05) is 38.3 Å². The van der Waals surface area contributed by atoms with Crippen LogP contribution in [0.1, 0.15) is 43.3 Å². The van der Waals surface area contributed by atoms with E-state index in [1.165, 1.54) is 0 Å². The number of rotatable bonds is 4. The highest BCUT2D eigenvalue weighted by Crippen LogP contribution is 2.32. The van der Waals surface area contributed by atoms with Gasteiger partial charge in [0.1, 0.15) is 16.4 Å². The molecule has 2 aromatic rings. The maximum atomic E-state index is 10.9. The minimum atomic E-state index is -0.949. The second-order valence-corrected chi connectivity index (χ2v) is 7.01. The van der Waals surface area contributed by atoms with Crippen molar-refractivity contribution >= 4 is 11.6 Å². The van der Waals surface area contributed by atoms with Crippen molar-refractivity contribution in [1.29, 1.82) is 0 Å². The van der Waals surface area contributed by atoms with E-state index in [1.807, 2.05) is 34.0 Å². The van der Waals surface area contributed by atoms with E-state index in [9.17, 15) is 5.11 Å². The van der Waals surface area contributed by atoms with Crippen LogP contribution in [0.3, 0.4) is 0 Å². The van der Waals surface area contributed by atoms with E-state index in [-0.39, 0.29) is 6.04 Å². The van der Waals surface area contributed by atoms with E-state index in [4.69, 9.17) is 11.6 Å². The molecule has 3 heterocycles. The van der Waals surface area contributed by atoms with Crippen LogP contribution >= 0.6 is 11.6 Å². The highest BCUT2D eigenvalue weighted by atomic mass is 35.5. The van der Waals surface area contributed by atoms with Gasteiger partial charge in [0.15, 0.2) is 0 Å². The molecule has 2 aromatic heterocycles. The first kappa shape index (κ1) is 16.4. The van der Waals surface area contributed by atoms with E-state index in [0.717, 1.165) is 17.8 Å². The molecule has 3 rings (SSSR count). The van der Waals surface area contributed by atoms with Gasteiger partial charge in [0.25, 0.3) is 0 Å². The molecular formula is C15H23ClN6O. The summed E-state index contributed by atoms with van der Waals surface area (Å²) in [6.45, 7) is 8.02. The fraction of sp³-hybridized carbons (Fsp3) is 0.667. The molecule has 0 saturated carbocycles. The molecule has 1 aliphatic rings. The van der Waals surface area contributed by atoms with Gasteiger partial charge in [-0.1, -0.05) is 16.8 Å². The number of halogens is 1. The molecule has 1 atom stereocenters. The van der Waals surface area contributed by atoms with Gasteiger partial charge in [0.05, 0.1) is 11.9 Å². The van der Waals surface area contributed by atoms with E-state index in [0.29, 0.717) is 30.4 Å². The number of hydrogen-bond acceptors (Lipinski definition) is 5. The Bertz CT molecular complexity index is 709. The number of aromatic nitrogens is 5. The number of likely N-dealkylation sites (tertiary alicyclic amines) is 1. The summed E-state index contributed by atoms with van der Waals surface area (Å²) in [7, 11) is 1.84. The van der Waals surface area contributed by atoms with Crippen molar-refractivity contribution in [2.75, 3.05) is 13.1 Å². The lowest BCUT2D eigenvalue weighted by atomic mass is 10.00. The van der Waals surface area contributed by atoms with Gasteiger partial charge in [-0.2, -0.15) is 5.10 Å². The summed E-state index contributed by atoms with van der Waals surface area (Å²) >= 11 is 6.30. The average molecular weight is 339 g/mol. The number of aliphatic hydroxyl groups is 1. The predicted octanol–water partition coefficient (Wildman–Crippen LogP) is 1.65. The summed E-state index contributed by atoms with van der Waals surface area (Å²) in [5, 5.41) is 24.2. The lowest BCUT2D eigenvalue weighted by molar-refractivity contribution is 0.0408. The van der Waals surface area contributed by atoms with E-state index in [1.54, 1.807) is 9.36 Å². The summed E-state index contributed by atoms with van der Waals surface area (Å²) in [5.41, 5.74) is 1.64. The lowest BCUT2D eigenvalue weighted by Gasteiger charge is -2.21. The second kappa shape index (κ2) is 5.89. The van der Waals surface area contributed by atoms with Crippen LogP contribution in [0.4, 0.5) is 0 Å². The van der Waals surface area contributed by atoms with Crippen LogP contribution in [-0.2, 0) is 19.2 Å². The van der Waals surface area contributed by atoms with Crippen LogP contribution in [0.2, 0.25) is 5.15 Å². The fourth-order valence-electron chi connectivity index (χ4n) is 3.03. The van der Waals surface area contributed by atoms with Crippen molar-refractivity contribution in [2.45, 2.75) is 45.4 Å². The van der Waals surface area contributed by atoms with Crippen molar-refractivity contribution < 1.29 is 5.11 Å². The third kappa shape index (κ3) is 3.00. The molecule has 23 heavy (non-hydrogen) atoms. The molecule has 7 nitrogen and oxygen atoms in total. The maximum Gasteiger partial charge on any atom is 0.131 e. The first-order valence-corrected chi connectivity index (χ1v) is 8.23. The topological polar surface area (TPSA) is 72.0 Å². The fourth-order valence-corrected chi connectivity index (χ4v) is 3.27. The Labute approximate surface area is 140 Å². The first-order chi connectivity index (χ1) is 10.8. The number of aryl methyl sites for hydroxylation is 2. The Kier molecular flexibility index (Phi) is 4.20. The zero-order valence-electron chi connectivity index (χ0n) is 14.0. The maximum absolute atomic E-state index is 10.9.